The molecule has 0 unspecified atom stereocenters. The van der Waals surface area contributed by atoms with Crippen LogP contribution in [0.5, 0.6) is 0 Å². The van der Waals surface area contributed by atoms with Crippen LogP contribution >= 0.6 is 23.1 Å². The number of pyridine rings is 1. The second kappa shape index (κ2) is 13.2. The van der Waals surface area contributed by atoms with Crippen LogP contribution in [0.25, 0.3) is 5.69 Å². The zero-order valence-corrected chi connectivity index (χ0v) is 23.6. The molecule has 0 atom stereocenters. The molecule has 1 amide bonds. The van der Waals surface area contributed by atoms with Gasteiger partial charge in [0, 0.05) is 37.3 Å². The van der Waals surface area contributed by atoms with Crippen LogP contribution in [-0.2, 0) is 18.7 Å². The average molecular weight is 566 g/mol. The summed E-state index contributed by atoms with van der Waals surface area (Å²) in [5.41, 5.74) is 4.62. The first-order chi connectivity index (χ1) is 19.6. The van der Waals surface area contributed by atoms with Gasteiger partial charge in [-0.05, 0) is 35.7 Å². The minimum absolute atomic E-state index is 0.195. The molecule has 0 spiro atoms. The third kappa shape index (κ3) is 6.62. The molecule has 2 aromatic carbocycles. The number of nitrogens with zero attached hydrogens (tertiary/aromatic N) is 7. The molecular weight excluding hydrogens is 539 g/mol. The number of amides is 1. The van der Waals surface area contributed by atoms with Crippen LogP contribution in [0.15, 0.2) is 89.7 Å². The minimum Gasteiger partial charge on any atom is -0.332 e. The highest BCUT2D eigenvalue weighted by atomic mass is 32.2. The van der Waals surface area contributed by atoms with E-state index in [9.17, 15) is 4.79 Å². The van der Waals surface area contributed by atoms with Crippen LogP contribution in [0, 0.1) is 18.3 Å². The Morgan fingerprint density at radius 2 is 1.85 bits per heavy atom. The van der Waals surface area contributed by atoms with E-state index >= 15 is 0 Å². The van der Waals surface area contributed by atoms with Crippen molar-refractivity contribution in [3.8, 4) is 11.8 Å². The highest BCUT2D eigenvalue weighted by molar-refractivity contribution is 7.98. The Balaban J connectivity index is 1.34. The summed E-state index contributed by atoms with van der Waals surface area (Å²) in [6, 6.07) is 24.3. The standard InChI is InChI=1S/C30H27N7OS2/c1-22-9-5-6-13-26(22)37-27(17-23-10-3-2-4-11-23)34-35-30(37)40-21-28-33-25(20-39-28)29(38)36(16-8-14-31)19-24-12-7-15-32-18-24/h2-7,9-13,15,18,20H,8,16-17,19,21H2,1H3. The summed E-state index contributed by atoms with van der Waals surface area (Å²) in [5.74, 6) is 1.22. The van der Waals surface area contributed by atoms with Crippen LogP contribution < -0.4 is 0 Å². The van der Waals surface area contributed by atoms with E-state index in [2.05, 4.69) is 62.0 Å². The molecule has 0 saturated heterocycles. The lowest BCUT2D eigenvalue weighted by Crippen LogP contribution is -2.31. The molecule has 40 heavy (non-hydrogen) atoms. The molecule has 0 saturated carbocycles. The fraction of sp³-hybridized carbons (Fsp3) is 0.200. The van der Waals surface area contributed by atoms with Crippen LogP contribution in [0.1, 0.15) is 44.4 Å². The Morgan fingerprint density at radius 3 is 2.62 bits per heavy atom. The number of aromatic nitrogens is 5. The van der Waals surface area contributed by atoms with Gasteiger partial charge in [-0.3, -0.25) is 14.3 Å². The molecule has 0 N–H and O–H groups in total. The summed E-state index contributed by atoms with van der Waals surface area (Å²) in [7, 11) is 0. The van der Waals surface area contributed by atoms with Crippen LogP contribution in [-0.4, -0.2) is 42.1 Å². The van der Waals surface area contributed by atoms with Crippen molar-refractivity contribution in [3.63, 3.8) is 0 Å². The van der Waals surface area contributed by atoms with E-state index in [1.807, 2.05) is 42.5 Å². The van der Waals surface area contributed by atoms with Crippen LogP contribution in [0.3, 0.4) is 0 Å². The summed E-state index contributed by atoms with van der Waals surface area (Å²) >= 11 is 2.99. The molecule has 10 heteroatoms. The number of para-hydroxylation sites is 1. The molecule has 200 valence electrons. The maximum atomic E-state index is 13.3. The van der Waals surface area contributed by atoms with Crippen molar-refractivity contribution in [1.29, 1.82) is 5.26 Å². The molecule has 0 aliphatic carbocycles. The van der Waals surface area contributed by atoms with Gasteiger partial charge in [-0.25, -0.2) is 4.98 Å². The van der Waals surface area contributed by atoms with Crippen molar-refractivity contribution in [1.82, 2.24) is 29.6 Å². The summed E-state index contributed by atoms with van der Waals surface area (Å²) in [6.45, 7) is 2.79. The van der Waals surface area contributed by atoms with Gasteiger partial charge in [-0.1, -0.05) is 66.4 Å². The molecule has 0 bridgehead atoms. The van der Waals surface area contributed by atoms with E-state index < -0.39 is 0 Å². The zero-order chi connectivity index (χ0) is 27.7. The Kier molecular flexibility index (Phi) is 8.96. The van der Waals surface area contributed by atoms with Gasteiger partial charge in [0.05, 0.1) is 23.9 Å². The number of hydrogen-bond acceptors (Lipinski definition) is 8. The first kappa shape index (κ1) is 27.2. The number of hydrogen-bond donors (Lipinski definition) is 0. The lowest BCUT2D eigenvalue weighted by Gasteiger charge is -2.20. The number of carbonyl (C=O) groups is 1. The van der Waals surface area contributed by atoms with Gasteiger partial charge >= 0.3 is 0 Å². The van der Waals surface area contributed by atoms with Gasteiger partial charge in [0.1, 0.15) is 16.5 Å². The van der Waals surface area contributed by atoms with Gasteiger partial charge in [-0.2, -0.15) is 5.26 Å². The molecule has 5 aromatic rings. The van der Waals surface area contributed by atoms with Crippen molar-refractivity contribution < 1.29 is 4.79 Å². The van der Waals surface area contributed by atoms with Crippen molar-refractivity contribution in [3.05, 3.63) is 118 Å². The number of carbonyl (C=O) groups excluding carboxylic acids is 1. The Labute approximate surface area is 241 Å². The summed E-state index contributed by atoms with van der Waals surface area (Å²) in [6.07, 6.45) is 4.33. The zero-order valence-electron chi connectivity index (χ0n) is 22.0. The van der Waals surface area contributed by atoms with Crippen molar-refractivity contribution in [2.45, 2.75) is 37.2 Å². The SMILES string of the molecule is Cc1ccccc1-n1c(Cc2ccccc2)nnc1SCc1nc(C(=O)N(CCC#N)Cc2cccnc2)cs1. The van der Waals surface area contributed by atoms with Gasteiger partial charge in [0.2, 0.25) is 0 Å². The molecular formula is C30H27N7OS2. The summed E-state index contributed by atoms with van der Waals surface area (Å²) < 4.78 is 2.12. The monoisotopic (exact) mass is 565 g/mol. The third-order valence-corrected chi connectivity index (χ3v) is 8.21. The topological polar surface area (TPSA) is 101 Å². The molecule has 5 rings (SSSR count). The predicted molar refractivity (Wildman–Crippen MR) is 156 cm³/mol. The van der Waals surface area contributed by atoms with E-state index in [0.29, 0.717) is 31.0 Å². The third-order valence-electron chi connectivity index (χ3n) is 6.23. The average Bonchev–Trinajstić information content (AvgIpc) is 3.62. The fourth-order valence-corrected chi connectivity index (χ4v) is 6.01. The summed E-state index contributed by atoms with van der Waals surface area (Å²) in [5, 5.41) is 21.6. The first-order valence-corrected chi connectivity index (χ1v) is 14.7. The maximum absolute atomic E-state index is 13.3. The van der Waals surface area contributed by atoms with Gasteiger partial charge in [-0.15, -0.1) is 21.5 Å². The lowest BCUT2D eigenvalue weighted by molar-refractivity contribution is 0.0741. The minimum atomic E-state index is -0.195. The molecule has 3 aromatic heterocycles. The van der Waals surface area contributed by atoms with Crippen LogP contribution in [0.4, 0.5) is 0 Å². The highest BCUT2D eigenvalue weighted by Crippen LogP contribution is 2.29. The lowest BCUT2D eigenvalue weighted by atomic mass is 10.1. The molecule has 0 radical (unpaired) electrons. The maximum Gasteiger partial charge on any atom is 0.273 e. The second-order valence-corrected chi connectivity index (χ2v) is 11.0. The normalized spacial score (nSPS) is 10.8. The summed E-state index contributed by atoms with van der Waals surface area (Å²) in [4.78, 5) is 23.7. The smallest absolute Gasteiger partial charge is 0.273 e. The molecule has 3 heterocycles. The Hall–Kier alpha value is -4.33. The van der Waals surface area contributed by atoms with E-state index in [-0.39, 0.29) is 12.3 Å². The van der Waals surface area contributed by atoms with Gasteiger partial charge in [0.15, 0.2) is 5.16 Å². The number of thiazole rings is 1. The number of nitriles is 1. The van der Waals surface area contributed by atoms with Gasteiger partial charge in [0.25, 0.3) is 5.91 Å². The Bertz CT molecular complexity index is 1610. The quantitative estimate of drug-likeness (QED) is 0.185. The Morgan fingerprint density at radius 1 is 1.05 bits per heavy atom. The van der Waals surface area contributed by atoms with Crippen molar-refractivity contribution in [2.75, 3.05) is 6.54 Å². The largest absolute Gasteiger partial charge is 0.332 e. The van der Waals surface area contributed by atoms with Crippen molar-refractivity contribution in [2.24, 2.45) is 0 Å². The van der Waals surface area contributed by atoms with Gasteiger partial charge < -0.3 is 4.90 Å². The highest BCUT2D eigenvalue weighted by Gasteiger charge is 2.21. The van der Waals surface area contributed by atoms with E-state index in [4.69, 9.17) is 5.26 Å². The van der Waals surface area contributed by atoms with E-state index in [0.717, 1.165) is 38.4 Å². The molecule has 8 nitrogen and oxygen atoms in total. The fourth-order valence-electron chi connectivity index (χ4n) is 4.26. The van der Waals surface area contributed by atoms with Crippen molar-refractivity contribution >= 4 is 29.0 Å². The molecule has 0 aliphatic heterocycles. The van der Waals surface area contributed by atoms with E-state index in [1.165, 1.54) is 11.3 Å². The van der Waals surface area contributed by atoms with Crippen LogP contribution in [0.2, 0.25) is 0 Å². The number of thioether (sulfide) groups is 1. The molecule has 0 fully saturated rings. The number of benzene rings is 2. The first-order valence-electron chi connectivity index (χ1n) is 12.8. The molecule has 0 aliphatic rings. The number of rotatable bonds is 11. The second-order valence-electron chi connectivity index (χ2n) is 9.09. The predicted octanol–water partition coefficient (Wildman–Crippen LogP) is 5.87. The van der Waals surface area contributed by atoms with E-state index in [1.54, 1.807) is 34.4 Å². The number of aryl methyl sites for hydroxylation is 1.